The highest BCUT2D eigenvalue weighted by molar-refractivity contribution is 7.13. The van der Waals surface area contributed by atoms with Crippen LogP contribution in [0.1, 0.15) is 23.3 Å². The van der Waals surface area contributed by atoms with Crippen molar-refractivity contribution in [2.24, 2.45) is 0 Å². The minimum atomic E-state index is 0.352. The molecule has 0 unspecified atom stereocenters. The molecule has 0 radical (unpaired) electrons. The van der Waals surface area contributed by atoms with Gasteiger partial charge in [-0.3, -0.25) is 0 Å². The van der Waals surface area contributed by atoms with Crippen LogP contribution in [0.4, 0.5) is 0 Å². The highest BCUT2D eigenvalue weighted by atomic mass is 32.1. The lowest BCUT2D eigenvalue weighted by Crippen LogP contribution is -2.01. The monoisotopic (exact) mass is 220 g/mol. The number of nitrogens with zero attached hydrogens (tertiary/aromatic N) is 6. The number of rotatable bonds is 2. The van der Waals surface area contributed by atoms with Gasteiger partial charge in [-0.05, 0) is 13.3 Å². The first-order valence-corrected chi connectivity index (χ1v) is 5.23. The molecule has 6 nitrogen and oxygen atoms in total. The zero-order chi connectivity index (χ0) is 10.8. The van der Waals surface area contributed by atoms with Gasteiger partial charge in [-0.2, -0.15) is 9.94 Å². The van der Waals surface area contributed by atoms with Crippen LogP contribution in [-0.4, -0.2) is 25.2 Å². The minimum absolute atomic E-state index is 0.352. The van der Waals surface area contributed by atoms with Gasteiger partial charge in [-0.1, -0.05) is 23.5 Å². The summed E-state index contributed by atoms with van der Waals surface area (Å²) in [6, 6.07) is 2.01. The zero-order valence-corrected chi connectivity index (χ0v) is 9.12. The largest absolute Gasteiger partial charge is 0.234 e. The highest BCUT2D eigenvalue weighted by Crippen LogP contribution is 2.16. The molecule has 0 bridgehead atoms. The van der Waals surface area contributed by atoms with Crippen molar-refractivity contribution in [3.63, 3.8) is 0 Å². The number of hydrogen-bond donors (Lipinski definition) is 0. The lowest BCUT2D eigenvalue weighted by atomic mass is 10.3. The van der Waals surface area contributed by atoms with Gasteiger partial charge >= 0.3 is 0 Å². The summed E-state index contributed by atoms with van der Waals surface area (Å²) in [6.07, 6.45) is 0.689. The quantitative estimate of drug-likeness (QED) is 0.749. The predicted octanol–water partition coefficient (Wildman–Crippen LogP) is 0.861. The van der Waals surface area contributed by atoms with Crippen LogP contribution in [0.3, 0.4) is 0 Å². The average molecular weight is 220 g/mol. The Kier molecular flexibility index (Phi) is 2.43. The van der Waals surface area contributed by atoms with Gasteiger partial charge in [-0.25, -0.2) is 0 Å². The van der Waals surface area contributed by atoms with Crippen molar-refractivity contribution in [3.8, 4) is 11.2 Å². The van der Waals surface area contributed by atoms with Crippen LogP contribution in [0.25, 0.3) is 5.13 Å². The Bertz CT molecular complexity index is 519. The molecule has 0 aliphatic heterocycles. The molecule has 0 aromatic carbocycles. The number of aromatic nitrogens is 5. The Morgan fingerprint density at radius 2 is 2.20 bits per heavy atom. The molecule has 0 fully saturated rings. The molecule has 76 valence electrons. The van der Waals surface area contributed by atoms with Crippen LogP contribution in [0, 0.1) is 18.3 Å². The van der Waals surface area contributed by atoms with Crippen molar-refractivity contribution in [2.75, 3.05) is 0 Å². The molecule has 0 amide bonds. The molecule has 2 heterocycles. The molecule has 2 rings (SSSR count). The number of nitriles is 1. The zero-order valence-electron chi connectivity index (χ0n) is 8.30. The molecule has 0 aliphatic rings. The fourth-order valence-electron chi connectivity index (χ4n) is 1.23. The molecular weight excluding hydrogens is 212 g/mol. The molecule has 0 saturated carbocycles. The van der Waals surface area contributed by atoms with E-state index in [-0.39, 0.29) is 0 Å². The lowest BCUT2D eigenvalue weighted by molar-refractivity contribution is 0.750. The van der Waals surface area contributed by atoms with E-state index in [2.05, 4.69) is 20.5 Å². The van der Waals surface area contributed by atoms with E-state index in [1.54, 1.807) is 4.68 Å². The fourth-order valence-corrected chi connectivity index (χ4v) is 1.89. The summed E-state index contributed by atoms with van der Waals surface area (Å²) in [5.74, 6) is 0. The number of hydrogen-bond acceptors (Lipinski definition) is 6. The van der Waals surface area contributed by atoms with Crippen molar-refractivity contribution in [1.82, 2.24) is 25.2 Å². The highest BCUT2D eigenvalue weighted by Gasteiger charge is 2.14. The van der Waals surface area contributed by atoms with Crippen molar-refractivity contribution in [3.05, 3.63) is 16.4 Å². The van der Waals surface area contributed by atoms with Gasteiger partial charge in [0.25, 0.3) is 0 Å². The SMILES string of the molecule is CCc1c(C#N)nnn1-c1nnc(C)s1. The summed E-state index contributed by atoms with van der Waals surface area (Å²) in [7, 11) is 0. The van der Waals surface area contributed by atoms with Crippen LogP contribution in [0.2, 0.25) is 0 Å². The molecule has 0 atom stereocenters. The van der Waals surface area contributed by atoms with E-state index in [0.29, 0.717) is 17.2 Å². The summed E-state index contributed by atoms with van der Waals surface area (Å²) in [4.78, 5) is 0. The topological polar surface area (TPSA) is 80.3 Å². The molecular formula is C8H8N6S. The molecule has 0 spiro atoms. The van der Waals surface area contributed by atoms with Crippen molar-refractivity contribution in [1.29, 1.82) is 5.26 Å². The van der Waals surface area contributed by atoms with Gasteiger partial charge in [0, 0.05) is 0 Å². The van der Waals surface area contributed by atoms with Crippen LogP contribution in [-0.2, 0) is 6.42 Å². The average Bonchev–Trinajstić information content (AvgIpc) is 2.82. The van der Waals surface area contributed by atoms with Crippen molar-refractivity contribution < 1.29 is 0 Å². The van der Waals surface area contributed by atoms with E-state index >= 15 is 0 Å². The maximum atomic E-state index is 8.82. The molecule has 0 saturated heterocycles. The second-order valence-electron chi connectivity index (χ2n) is 2.87. The maximum Gasteiger partial charge on any atom is 0.234 e. The first kappa shape index (κ1) is 9.73. The van der Waals surface area contributed by atoms with Crippen molar-refractivity contribution >= 4 is 11.3 Å². The molecule has 2 aromatic rings. The van der Waals surface area contributed by atoms with E-state index in [1.807, 2.05) is 19.9 Å². The van der Waals surface area contributed by atoms with Gasteiger partial charge in [0.15, 0.2) is 5.69 Å². The second kappa shape index (κ2) is 3.74. The smallest absolute Gasteiger partial charge is 0.191 e. The van der Waals surface area contributed by atoms with Gasteiger partial charge < -0.3 is 0 Å². The Balaban J connectivity index is 2.54. The summed E-state index contributed by atoms with van der Waals surface area (Å²) in [6.45, 7) is 3.82. The Morgan fingerprint density at radius 1 is 1.40 bits per heavy atom. The molecule has 2 aromatic heterocycles. The minimum Gasteiger partial charge on any atom is -0.191 e. The Morgan fingerprint density at radius 3 is 2.73 bits per heavy atom. The second-order valence-corrected chi connectivity index (χ2v) is 4.03. The van der Waals surface area contributed by atoms with E-state index in [4.69, 9.17) is 5.26 Å². The van der Waals surface area contributed by atoms with Crippen LogP contribution < -0.4 is 0 Å². The molecule has 7 heteroatoms. The van der Waals surface area contributed by atoms with E-state index < -0.39 is 0 Å². The fraction of sp³-hybridized carbons (Fsp3) is 0.375. The maximum absolute atomic E-state index is 8.82. The molecule has 15 heavy (non-hydrogen) atoms. The van der Waals surface area contributed by atoms with E-state index in [9.17, 15) is 0 Å². The third-order valence-electron chi connectivity index (χ3n) is 1.90. The van der Waals surface area contributed by atoms with Gasteiger partial charge in [0.1, 0.15) is 11.1 Å². The van der Waals surface area contributed by atoms with E-state index in [1.165, 1.54) is 11.3 Å². The van der Waals surface area contributed by atoms with Crippen molar-refractivity contribution in [2.45, 2.75) is 20.3 Å². The Labute approximate surface area is 90.2 Å². The van der Waals surface area contributed by atoms with Crippen LogP contribution in [0.15, 0.2) is 0 Å². The standard InChI is InChI=1S/C8H8N6S/c1-3-7-6(4-9)11-13-14(7)8-12-10-5(2)15-8/h3H2,1-2H3. The summed E-state index contributed by atoms with van der Waals surface area (Å²) >= 11 is 1.42. The predicted molar refractivity (Wildman–Crippen MR) is 53.7 cm³/mol. The summed E-state index contributed by atoms with van der Waals surface area (Å²) in [5.41, 5.74) is 1.12. The molecule has 0 aliphatic carbocycles. The normalized spacial score (nSPS) is 10.2. The lowest BCUT2D eigenvalue weighted by Gasteiger charge is -1.97. The Hall–Kier alpha value is -1.81. The third-order valence-corrected chi connectivity index (χ3v) is 2.71. The van der Waals surface area contributed by atoms with Gasteiger partial charge in [0.2, 0.25) is 5.13 Å². The first-order chi connectivity index (χ1) is 7.26. The van der Waals surface area contributed by atoms with Crippen LogP contribution >= 0.6 is 11.3 Å². The van der Waals surface area contributed by atoms with Gasteiger partial charge in [0.05, 0.1) is 5.69 Å². The summed E-state index contributed by atoms with van der Waals surface area (Å²) < 4.78 is 1.57. The van der Waals surface area contributed by atoms with Crippen LogP contribution in [0.5, 0.6) is 0 Å². The van der Waals surface area contributed by atoms with E-state index in [0.717, 1.165) is 10.7 Å². The summed E-state index contributed by atoms with van der Waals surface area (Å²) in [5, 5.41) is 25.9. The number of aryl methyl sites for hydroxylation is 1. The first-order valence-electron chi connectivity index (χ1n) is 4.41. The van der Waals surface area contributed by atoms with Gasteiger partial charge in [-0.15, -0.1) is 15.3 Å². The molecule has 0 N–H and O–H groups in total. The third kappa shape index (κ3) is 1.59.